The highest BCUT2D eigenvalue weighted by Crippen LogP contribution is 2.40. The largest absolute Gasteiger partial charge is 0.373 e. The zero-order valence-corrected chi connectivity index (χ0v) is 16.4. The van der Waals surface area contributed by atoms with Crippen molar-refractivity contribution in [2.45, 2.75) is 42.4 Å². The Morgan fingerprint density at radius 3 is 3.04 bits per heavy atom. The van der Waals surface area contributed by atoms with Gasteiger partial charge >= 0.3 is 0 Å². The average molecular weight is 388 g/mol. The fourth-order valence-electron chi connectivity index (χ4n) is 3.68. The molecule has 0 radical (unpaired) electrons. The summed E-state index contributed by atoms with van der Waals surface area (Å²) in [5.41, 5.74) is 3.37. The van der Waals surface area contributed by atoms with Crippen LogP contribution in [0.4, 0.5) is 5.69 Å². The van der Waals surface area contributed by atoms with Gasteiger partial charge in [-0.25, -0.2) is 0 Å². The van der Waals surface area contributed by atoms with Crippen LogP contribution in [0.2, 0.25) is 5.02 Å². The first-order chi connectivity index (χ1) is 12.6. The third kappa shape index (κ3) is 3.64. The molecule has 2 aromatic rings. The van der Waals surface area contributed by atoms with Gasteiger partial charge < -0.3 is 9.64 Å². The summed E-state index contributed by atoms with van der Waals surface area (Å²) in [6, 6.07) is 14.1. The van der Waals surface area contributed by atoms with E-state index in [-0.39, 0.29) is 12.0 Å². The Morgan fingerprint density at radius 1 is 1.31 bits per heavy atom. The van der Waals surface area contributed by atoms with E-state index in [2.05, 4.69) is 25.1 Å². The van der Waals surface area contributed by atoms with E-state index in [1.54, 1.807) is 0 Å². The highest BCUT2D eigenvalue weighted by atomic mass is 35.5. The summed E-state index contributed by atoms with van der Waals surface area (Å²) in [4.78, 5) is 16.2. The molecule has 0 saturated heterocycles. The van der Waals surface area contributed by atoms with Gasteiger partial charge in [-0.2, -0.15) is 0 Å². The number of halogens is 1. The molecule has 0 aromatic heterocycles. The summed E-state index contributed by atoms with van der Waals surface area (Å²) in [6.45, 7) is 3.59. The number of carbonyl (C=O) groups excluding carboxylic acids is 1. The molecule has 3 nitrogen and oxygen atoms in total. The first kappa shape index (κ1) is 17.9. The SMILES string of the molecule is CC1CCN(C(=O)CC2OCCc3ccccc32)c2cc(Cl)ccc2S1. The van der Waals surface area contributed by atoms with Crippen molar-refractivity contribution in [3.63, 3.8) is 0 Å². The highest BCUT2D eigenvalue weighted by Gasteiger charge is 2.29. The monoisotopic (exact) mass is 387 g/mol. The Bertz CT molecular complexity index is 825. The number of ether oxygens (including phenoxy) is 1. The molecule has 2 aromatic carbocycles. The second kappa shape index (κ2) is 7.63. The predicted octanol–water partition coefficient (Wildman–Crippen LogP) is 5.26. The number of anilines is 1. The first-order valence-corrected chi connectivity index (χ1v) is 10.3. The number of benzene rings is 2. The lowest BCUT2D eigenvalue weighted by Crippen LogP contribution is -2.34. The maximum Gasteiger partial charge on any atom is 0.229 e. The Hall–Kier alpha value is -1.49. The van der Waals surface area contributed by atoms with Gasteiger partial charge in [-0.1, -0.05) is 42.8 Å². The van der Waals surface area contributed by atoms with E-state index in [4.69, 9.17) is 16.3 Å². The van der Waals surface area contributed by atoms with Gasteiger partial charge in [0, 0.05) is 21.7 Å². The molecule has 136 valence electrons. The maximum absolute atomic E-state index is 13.2. The molecule has 1 amide bonds. The molecule has 2 atom stereocenters. The molecular formula is C21H22ClNO2S. The Morgan fingerprint density at radius 2 is 2.15 bits per heavy atom. The molecule has 0 aliphatic carbocycles. The number of nitrogens with zero attached hydrogens (tertiary/aromatic N) is 1. The summed E-state index contributed by atoms with van der Waals surface area (Å²) in [7, 11) is 0. The van der Waals surface area contributed by atoms with Crippen LogP contribution < -0.4 is 4.90 Å². The van der Waals surface area contributed by atoms with Gasteiger partial charge in [0.1, 0.15) is 0 Å². The summed E-state index contributed by atoms with van der Waals surface area (Å²) >= 11 is 8.04. The number of thioether (sulfide) groups is 1. The summed E-state index contributed by atoms with van der Waals surface area (Å²) in [5.74, 6) is 0.102. The van der Waals surface area contributed by atoms with Gasteiger partial charge in [0.25, 0.3) is 0 Å². The molecule has 0 saturated carbocycles. The van der Waals surface area contributed by atoms with Crippen molar-refractivity contribution in [3.05, 3.63) is 58.6 Å². The zero-order chi connectivity index (χ0) is 18.1. The van der Waals surface area contributed by atoms with E-state index in [9.17, 15) is 4.79 Å². The standard InChI is InChI=1S/C21H22ClNO2S/c1-14-8-10-23(18-12-16(22)6-7-20(18)26-14)21(24)13-19-17-5-3-2-4-15(17)9-11-25-19/h2-7,12,14,19H,8-11,13H2,1H3. The number of rotatable bonds is 2. The fraction of sp³-hybridized carbons (Fsp3) is 0.381. The molecule has 0 bridgehead atoms. The van der Waals surface area contributed by atoms with Crippen LogP contribution in [-0.4, -0.2) is 24.3 Å². The van der Waals surface area contributed by atoms with Crippen LogP contribution in [-0.2, 0) is 16.0 Å². The molecule has 2 aliphatic heterocycles. The molecule has 5 heteroatoms. The fourth-order valence-corrected chi connectivity index (χ4v) is 4.94. The lowest BCUT2D eigenvalue weighted by molar-refractivity contribution is -0.121. The molecule has 0 fully saturated rings. The number of amides is 1. The number of carbonyl (C=O) groups is 1. The topological polar surface area (TPSA) is 29.5 Å². The minimum atomic E-state index is -0.164. The number of hydrogen-bond donors (Lipinski definition) is 0. The molecule has 2 aliphatic rings. The third-order valence-electron chi connectivity index (χ3n) is 5.05. The van der Waals surface area contributed by atoms with Crippen LogP contribution in [0.3, 0.4) is 0 Å². The zero-order valence-electron chi connectivity index (χ0n) is 14.8. The van der Waals surface area contributed by atoms with Crippen molar-refractivity contribution in [1.29, 1.82) is 0 Å². The first-order valence-electron chi connectivity index (χ1n) is 9.08. The van der Waals surface area contributed by atoms with Crippen LogP contribution in [0, 0.1) is 0 Å². The second-order valence-corrected chi connectivity index (χ2v) is 8.80. The van der Waals surface area contributed by atoms with E-state index in [1.807, 2.05) is 40.9 Å². The highest BCUT2D eigenvalue weighted by molar-refractivity contribution is 8.00. The van der Waals surface area contributed by atoms with Crippen LogP contribution >= 0.6 is 23.4 Å². The van der Waals surface area contributed by atoms with Crippen LogP contribution in [0.25, 0.3) is 0 Å². The van der Waals surface area contributed by atoms with Crippen molar-refractivity contribution in [2.24, 2.45) is 0 Å². The van der Waals surface area contributed by atoms with E-state index >= 15 is 0 Å². The van der Waals surface area contributed by atoms with E-state index in [0.29, 0.717) is 29.8 Å². The van der Waals surface area contributed by atoms with Crippen LogP contribution in [0.1, 0.15) is 37.0 Å². The smallest absolute Gasteiger partial charge is 0.229 e. The van der Waals surface area contributed by atoms with Gasteiger partial charge in [-0.05, 0) is 42.2 Å². The molecule has 2 unspecified atom stereocenters. The van der Waals surface area contributed by atoms with E-state index in [1.165, 1.54) is 5.56 Å². The molecule has 0 N–H and O–H groups in total. The van der Waals surface area contributed by atoms with E-state index < -0.39 is 0 Å². The van der Waals surface area contributed by atoms with Gasteiger partial charge in [0.2, 0.25) is 5.91 Å². The molecule has 4 rings (SSSR count). The van der Waals surface area contributed by atoms with Crippen molar-refractivity contribution in [3.8, 4) is 0 Å². The number of hydrogen-bond acceptors (Lipinski definition) is 3. The summed E-state index contributed by atoms with van der Waals surface area (Å²) in [6.07, 6.45) is 2.08. The lowest BCUT2D eigenvalue weighted by Gasteiger charge is -2.29. The molecular weight excluding hydrogens is 366 g/mol. The van der Waals surface area contributed by atoms with Crippen LogP contribution in [0.15, 0.2) is 47.4 Å². The minimum absolute atomic E-state index is 0.102. The van der Waals surface area contributed by atoms with Crippen molar-refractivity contribution >= 4 is 35.0 Å². The average Bonchev–Trinajstić information content (AvgIpc) is 2.80. The molecule has 26 heavy (non-hydrogen) atoms. The predicted molar refractivity (Wildman–Crippen MR) is 107 cm³/mol. The Balaban J connectivity index is 1.60. The lowest BCUT2D eigenvalue weighted by atomic mass is 9.95. The van der Waals surface area contributed by atoms with E-state index in [0.717, 1.165) is 29.0 Å². The van der Waals surface area contributed by atoms with Gasteiger partial charge in [-0.15, -0.1) is 11.8 Å². The second-order valence-electron chi connectivity index (χ2n) is 6.89. The summed E-state index contributed by atoms with van der Waals surface area (Å²) < 4.78 is 5.95. The molecule has 0 spiro atoms. The minimum Gasteiger partial charge on any atom is -0.373 e. The van der Waals surface area contributed by atoms with Gasteiger partial charge in [-0.3, -0.25) is 4.79 Å². The maximum atomic E-state index is 13.2. The quantitative estimate of drug-likeness (QED) is 0.703. The van der Waals surface area contributed by atoms with Gasteiger partial charge in [0.05, 0.1) is 24.8 Å². The number of fused-ring (bicyclic) bond motifs is 2. The Labute approximate surface area is 163 Å². The normalized spacial score (nSPS) is 22.3. The third-order valence-corrected chi connectivity index (χ3v) is 6.52. The van der Waals surface area contributed by atoms with Gasteiger partial charge in [0.15, 0.2) is 0 Å². The van der Waals surface area contributed by atoms with Crippen LogP contribution in [0.5, 0.6) is 0 Å². The van der Waals surface area contributed by atoms with Crippen molar-refractivity contribution in [1.82, 2.24) is 0 Å². The van der Waals surface area contributed by atoms with Crippen molar-refractivity contribution in [2.75, 3.05) is 18.1 Å². The molecule has 2 heterocycles. The Kier molecular flexibility index (Phi) is 5.25. The summed E-state index contributed by atoms with van der Waals surface area (Å²) in [5, 5.41) is 1.13. The van der Waals surface area contributed by atoms with Crippen molar-refractivity contribution < 1.29 is 9.53 Å².